The fraction of sp³-hybridized carbons (Fsp3) is 0.462. The Morgan fingerprint density at radius 1 is 1.55 bits per heavy atom. The van der Waals surface area contributed by atoms with Crippen LogP contribution in [0.3, 0.4) is 0 Å². The van der Waals surface area contributed by atoms with Crippen LogP contribution >= 0.6 is 11.8 Å². The van der Waals surface area contributed by atoms with Crippen molar-refractivity contribution in [3.63, 3.8) is 0 Å². The van der Waals surface area contributed by atoms with Crippen LogP contribution in [-0.2, 0) is 0 Å². The molecule has 0 saturated carbocycles. The standard InChI is InChI=1S/C13H18N4O2S/c1-3-20-7-6-9(2)14-13-15-11-5-4-10(17(18)19)8-12(11)16-13/h4-5,8-9H,3,6-7H2,1-2H3,(H2,14,15,16). The Kier molecular flexibility index (Phi) is 4.84. The van der Waals surface area contributed by atoms with Crippen molar-refractivity contribution in [2.24, 2.45) is 0 Å². The number of benzene rings is 1. The number of nitro benzene ring substituents is 1. The summed E-state index contributed by atoms with van der Waals surface area (Å²) in [6, 6.07) is 4.94. The minimum absolute atomic E-state index is 0.0695. The van der Waals surface area contributed by atoms with E-state index >= 15 is 0 Å². The van der Waals surface area contributed by atoms with E-state index in [2.05, 4.69) is 29.1 Å². The zero-order chi connectivity index (χ0) is 14.5. The van der Waals surface area contributed by atoms with E-state index < -0.39 is 4.92 Å². The first kappa shape index (κ1) is 14.6. The second kappa shape index (κ2) is 6.60. The van der Waals surface area contributed by atoms with Crippen LogP contribution in [0.1, 0.15) is 20.3 Å². The van der Waals surface area contributed by atoms with Gasteiger partial charge in [-0.3, -0.25) is 10.1 Å². The van der Waals surface area contributed by atoms with Gasteiger partial charge >= 0.3 is 0 Å². The zero-order valence-electron chi connectivity index (χ0n) is 11.5. The molecule has 1 aromatic carbocycles. The van der Waals surface area contributed by atoms with E-state index in [-0.39, 0.29) is 5.69 Å². The van der Waals surface area contributed by atoms with Crippen molar-refractivity contribution in [2.45, 2.75) is 26.3 Å². The number of nitrogens with one attached hydrogen (secondary N) is 2. The molecule has 1 atom stereocenters. The summed E-state index contributed by atoms with van der Waals surface area (Å²) in [4.78, 5) is 17.8. The minimum atomic E-state index is -0.405. The van der Waals surface area contributed by atoms with E-state index in [1.165, 1.54) is 12.1 Å². The van der Waals surface area contributed by atoms with Crippen LogP contribution in [0.5, 0.6) is 0 Å². The topological polar surface area (TPSA) is 83.8 Å². The SMILES string of the molecule is CCSCCC(C)Nc1nc2ccc([N+](=O)[O-])cc2[nH]1. The van der Waals surface area contributed by atoms with E-state index in [0.29, 0.717) is 17.5 Å². The minimum Gasteiger partial charge on any atom is -0.353 e. The number of imidazole rings is 1. The van der Waals surface area contributed by atoms with Gasteiger partial charge in [0.2, 0.25) is 5.95 Å². The molecule has 0 radical (unpaired) electrons. The fourth-order valence-corrected chi connectivity index (χ4v) is 2.70. The Bertz CT molecular complexity index is 599. The molecule has 7 heteroatoms. The maximum Gasteiger partial charge on any atom is 0.271 e. The lowest BCUT2D eigenvalue weighted by Crippen LogP contribution is -2.16. The van der Waals surface area contributed by atoms with Crippen LogP contribution in [0.25, 0.3) is 11.0 Å². The molecule has 0 saturated heterocycles. The largest absolute Gasteiger partial charge is 0.353 e. The third-order valence-corrected chi connectivity index (χ3v) is 3.89. The van der Waals surface area contributed by atoms with Gasteiger partial charge in [-0.1, -0.05) is 6.92 Å². The van der Waals surface area contributed by atoms with Crippen LogP contribution < -0.4 is 5.32 Å². The number of non-ortho nitro benzene ring substituents is 1. The maximum atomic E-state index is 10.7. The number of thioether (sulfide) groups is 1. The van der Waals surface area contributed by atoms with Crippen molar-refractivity contribution in [1.82, 2.24) is 9.97 Å². The normalized spacial score (nSPS) is 12.5. The fourth-order valence-electron chi connectivity index (χ4n) is 1.89. The second-order valence-electron chi connectivity index (χ2n) is 4.57. The highest BCUT2D eigenvalue weighted by Gasteiger charge is 2.10. The number of nitro groups is 1. The van der Waals surface area contributed by atoms with Gasteiger partial charge in [-0.15, -0.1) is 0 Å². The quantitative estimate of drug-likeness (QED) is 0.464. The van der Waals surface area contributed by atoms with Crippen molar-refractivity contribution in [3.05, 3.63) is 28.3 Å². The van der Waals surface area contributed by atoms with E-state index in [1.54, 1.807) is 6.07 Å². The number of fused-ring (bicyclic) bond motifs is 1. The molecule has 0 fully saturated rings. The summed E-state index contributed by atoms with van der Waals surface area (Å²) in [6.45, 7) is 4.25. The number of anilines is 1. The molecule has 2 aromatic rings. The highest BCUT2D eigenvalue weighted by Crippen LogP contribution is 2.21. The van der Waals surface area contributed by atoms with Gasteiger partial charge in [-0.25, -0.2) is 4.98 Å². The monoisotopic (exact) mass is 294 g/mol. The summed E-state index contributed by atoms with van der Waals surface area (Å²) >= 11 is 1.91. The molecule has 2 N–H and O–H groups in total. The molecule has 0 bridgehead atoms. The van der Waals surface area contributed by atoms with Crippen LogP contribution in [0, 0.1) is 10.1 Å². The van der Waals surface area contributed by atoms with E-state index in [4.69, 9.17) is 0 Å². The van der Waals surface area contributed by atoms with Gasteiger partial charge in [-0.05, 0) is 30.9 Å². The lowest BCUT2D eigenvalue weighted by molar-refractivity contribution is -0.384. The number of rotatable bonds is 7. The number of H-pyrrole nitrogens is 1. The predicted molar refractivity (Wildman–Crippen MR) is 83.4 cm³/mol. The number of aromatic nitrogens is 2. The van der Waals surface area contributed by atoms with E-state index in [9.17, 15) is 10.1 Å². The van der Waals surface area contributed by atoms with Crippen LogP contribution in [0.2, 0.25) is 0 Å². The highest BCUT2D eigenvalue weighted by atomic mass is 32.2. The lowest BCUT2D eigenvalue weighted by atomic mass is 10.3. The van der Waals surface area contributed by atoms with Crippen molar-refractivity contribution < 1.29 is 4.92 Å². The van der Waals surface area contributed by atoms with E-state index in [0.717, 1.165) is 23.4 Å². The first-order chi connectivity index (χ1) is 9.60. The smallest absolute Gasteiger partial charge is 0.271 e. The van der Waals surface area contributed by atoms with Crippen LogP contribution in [0.15, 0.2) is 18.2 Å². The van der Waals surface area contributed by atoms with Gasteiger partial charge in [-0.2, -0.15) is 11.8 Å². The molecule has 0 spiro atoms. The van der Waals surface area contributed by atoms with Gasteiger partial charge in [0.1, 0.15) is 0 Å². The third kappa shape index (κ3) is 3.63. The molecule has 0 aliphatic carbocycles. The predicted octanol–water partition coefficient (Wildman–Crippen LogP) is 3.41. The molecule has 20 heavy (non-hydrogen) atoms. The van der Waals surface area contributed by atoms with E-state index in [1.807, 2.05) is 11.8 Å². The second-order valence-corrected chi connectivity index (χ2v) is 5.97. The van der Waals surface area contributed by atoms with Crippen LogP contribution in [0.4, 0.5) is 11.6 Å². The molecule has 1 unspecified atom stereocenters. The van der Waals surface area contributed by atoms with Gasteiger partial charge in [0.15, 0.2) is 0 Å². The Labute approximate surface area is 121 Å². The molecule has 1 aromatic heterocycles. The average Bonchev–Trinajstić information content (AvgIpc) is 2.79. The van der Waals surface area contributed by atoms with Gasteiger partial charge < -0.3 is 10.3 Å². The molecule has 108 valence electrons. The van der Waals surface area contributed by atoms with Crippen molar-refractivity contribution in [1.29, 1.82) is 0 Å². The van der Waals surface area contributed by atoms with Crippen molar-refractivity contribution in [3.8, 4) is 0 Å². The summed E-state index contributed by atoms with van der Waals surface area (Å²) in [5, 5.41) is 14.0. The molecule has 0 aliphatic rings. The Balaban J connectivity index is 2.05. The summed E-state index contributed by atoms with van der Waals surface area (Å²) in [6.07, 6.45) is 1.05. The maximum absolute atomic E-state index is 10.7. The summed E-state index contributed by atoms with van der Waals surface area (Å²) < 4.78 is 0. The number of aromatic amines is 1. The first-order valence-electron chi connectivity index (χ1n) is 6.58. The molecule has 0 amide bonds. The van der Waals surface area contributed by atoms with Gasteiger partial charge in [0.25, 0.3) is 5.69 Å². The number of hydrogen-bond acceptors (Lipinski definition) is 5. The Morgan fingerprint density at radius 3 is 3.05 bits per heavy atom. The lowest BCUT2D eigenvalue weighted by Gasteiger charge is -2.11. The number of nitrogens with zero attached hydrogens (tertiary/aromatic N) is 2. The average molecular weight is 294 g/mol. The van der Waals surface area contributed by atoms with Gasteiger partial charge in [0, 0.05) is 18.2 Å². The summed E-state index contributed by atoms with van der Waals surface area (Å²) in [5.74, 6) is 2.90. The Hall–Kier alpha value is -1.76. The zero-order valence-corrected chi connectivity index (χ0v) is 12.4. The third-order valence-electron chi connectivity index (χ3n) is 2.96. The highest BCUT2D eigenvalue weighted by molar-refractivity contribution is 7.99. The first-order valence-corrected chi connectivity index (χ1v) is 7.74. The molecular weight excluding hydrogens is 276 g/mol. The number of hydrogen-bond donors (Lipinski definition) is 2. The summed E-state index contributed by atoms with van der Waals surface area (Å²) in [7, 11) is 0. The van der Waals surface area contributed by atoms with Crippen molar-refractivity contribution in [2.75, 3.05) is 16.8 Å². The van der Waals surface area contributed by atoms with Crippen LogP contribution in [-0.4, -0.2) is 32.4 Å². The molecule has 1 heterocycles. The summed E-state index contributed by atoms with van der Waals surface area (Å²) in [5.41, 5.74) is 1.48. The van der Waals surface area contributed by atoms with Crippen molar-refractivity contribution >= 4 is 34.4 Å². The molecular formula is C13H18N4O2S. The molecule has 6 nitrogen and oxygen atoms in total. The molecule has 0 aliphatic heterocycles. The molecule has 2 rings (SSSR count). The Morgan fingerprint density at radius 2 is 2.35 bits per heavy atom. The van der Waals surface area contributed by atoms with Gasteiger partial charge in [0.05, 0.1) is 16.0 Å².